The summed E-state index contributed by atoms with van der Waals surface area (Å²) < 4.78 is 5.18. The summed E-state index contributed by atoms with van der Waals surface area (Å²) in [6.45, 7) is 3.23. The first-order valence-corrected chi connectivity index (χ1v) is 12.8. The molecule has 1 aliphatic heterocycles. The number of nitrogens with zero attached hydrogens (tertiary/aromatic N) is 2. The number of furan rings is 1. The van der Waals surface area contributed by atoms with E-state index >= 15 is 0 Å². The lowest BCUT2D eigenvalue weighted by Crippen LogP contribution is -2.76. The number of rotatable bonds is 8. The number of phenolic OH excluding ortho intramolecular Hbond substituents is 1. The maximum atomic E-state index is 13.3. The van der Waals surface area contributed by atoms with Gasteiger partial charge in [-0.1, -0.05) is 43.3 Å². The normalized spacial score (nSPS) is 14.4. The number of quaternary nitrogens is 1. The van der Waals surface area contributed by atoms with Gasteiger partial charge in [0.1, 0.15) is 0 Å². The third kappa shape index (κ3) is 5.06. The number of piperazine rings is 1. The third-order valence-electron chi connectivity index (χ3n) is 7.06. The van der Waals surface area contributed by atoms with E-state index in [0.29, 0.717) is 32.6 Å². The van der Waals surface area contributed by atoms with Crippen molar-refractivity contribution in [2.24, 2.45) is 0 Å². The van der Waals surface area contributed by atoms with Crippen LogP contribution in [0.25, 0.3) is 0 Å². The van der Waals surface area contributed by atoms with Crippen LogP contribution >= 0.6 is 0 Å². The monoisotopic (exact) mass is 529 g/mol. The average Bonchev–Trinajstić information content (AvgIpc) is 3.52. The van der Waals surface area contributed by atoms with Crippen molar-refractivity contribution in [2.45, 2.75) is 19.4 Å². The van der Waals surface area contributed by atoms with Crippen molar-refractivity contribution in [2.75, 3.05) is 31.5 Å². The zero-order valence-corrected chi connectivity index (χ0v) is 21.4. The Labute approximate surface area is 224 Å². The molecule has 4 aromatic rings. The molecule has 5 rings (SSSR count). The van der Waals surface area contributed by atoms with E-state index in [2.05, 4.69) is 5.32 Å². The zero-order valence-electron chi connectivity index (χ0n) is 21.4. The largest absolute Gasteiger partial charge is 0.502 e. The van der Waals surface area contributed by atoms with Gasteiger partial charge in [0, 0.05) is 32.2 Å². The Kier molecular flexibility index (Phi) is 7.29. The molecule has 2 heterocycles. The molecule has 1 fully saturated rings. The summed E-state index contributed by atoms with van der Waals surface area (Å²) in [7, 11) is 0. The van der Waals surface area contributed by atoms with E-state index in [0.717, 1.165) is 5.56 Å². The summed E-state index contributed by atoms with van der Waals surface area (Å²) in [5.41, 5.74) is 0.441. The number of hydrogen-bond donors (Lipinski definition) is 3. The molecule has 1 saturated heterocycles. The van der Waals surface area contributed by atoms with Crippen LogP contribution in [0, 0.1) is 0 Å². The summed E-state index contributed by atoms with van der Waals surface area (Å²) in [4.78, 5) is 53.8. The fourth-order valence-corrected chi connectivity index (χ4v) is 4.82. The van der Waals surface area contributed by atoms with E-state index in [4.69, 9.17) is 4.42 Å². The molecule has 1 aromatic heterocycles. The number of para-hydroxylation sites is 1. The summed E-state index contributed by atoms with van der Waals surface area (Å²) in [6, 6.07) is 17.4. The third-order valence-corrected chi connectivity index (χ3v) is 7.06. The van der Waals surface area contributed by atoms with Crippen molar-refractivity contribution in [3.63, 3.8) is 0 Å². The molecule has 0 aliphatic carbocycles. The summed E-state index contributed by atoms with van der Waals surface area (Å²) >= 11 is 0. The highest BCUT2D eigenvalue weighted by atomic mass is 16.3. The Morgan fingerprint density at radius 3 is 2.26 bits per heavy atom. The predicted octanol–water partition coefficient (Wildman–Crippen LogP) is 2.27. The van der Waals surface area contributed by atoms with E-state index in [-0.39, 0.29) is 52.0 Å². The molecule has 1 atom stereocenters. The molecular formula is C29H29N4O6+. The number of phenols is 1. The fourth-order valence-electron chi connectivity index (χ4n) is 4.82. The molecular weight excluding hydrogens is 500 g/mol. The lowest BCUT2D eigenvalue weighted by molar-refractivity contribution is -0.480. The molecule has 2 amide bonds. The molecule has 10 nitrogen and oxygen atoms in total. The number of nitrogens with two attached hydrogens (primary N) is 1. The van der Waals surface area contributed by atoms with Gasteiger partial charge in [0.05, 0.1) is 17.9 Å². The Morgan fingerprint density at radius 2 is 1.62 bits per heavy atom. The molecule has 0 spiro atoms. The van der Waals surface area contributed by atoms with Crippen LogP contribution in [0.15, 0.2) is 80.9 Å². The SMILES string of the molecule is CCC(Nc1c([NH2+]c2cccc(C(=O)N3CCN(C(=O)c4ccco4)CC3)c2O)c(=O)c1=O)c1ccccc1. The maximum Gasteiger partial charge on any atom is 0.291 e. The van der Waals surface area contributed by atoms with E-state index in [1.165, 1.54) is 17.6 Å². The molecule has 4 N–H and O–H groups in total. The fraction of sp³-hybridized carbons (Fsp3) is 0.241. The van der Waals surface area contributed by atoms with Gasteiger partial charge in [0.2, 0.25) is 5.69 Å². The predicted molar refractivity (Wildman–Crippen MR) is 144 cm³/mol. The first-order chi connectivity index (χ1) is 18.9. The minimum Gasteiger partial charge on any atom is -0.502 e. The molecule has 1 aliphatic rings. The standard InChI is InChI=1S/C29H28N4O6/c1-2-20(18-8-4-3-5-9-18)30-23-24(27(36)26(23)35)31-21-11-6-10-19(25(21)34)28(37)32-13-15-33(16-14-32)29(38)22-12-7-17-39-22/h3-12,17,20,30-31,34H,2,13-16H2,1H3/p+1. The highest BCUT2D eigenvalue weighted by Gasteiger charge is 2.31. The zero-order chi connectivity index (χ0) is 27.5. The number of carbonyl (C=O) groups is 2. The number of amides is 2. The molecule has 0 saturated carbocycles. The number of carbonyl (C=O) groups excluding carboxylic acids is 2. The van der Waals surface area contributed by atoms with Crippen LogP contribution in [0.2, 0.25) is 0 Å². The van der Waals surface area contributed by atoms with Gasteiger partial charge in [0.25, 0.3) is 22.7 Å². The van der Waals surface area contributed by atoms with Gasteiger partial charge in [-0.3, -0.25) is 24.5 Å². The first kappa shape index (κ1) is 25.9. The van der Waals surface area contributed by atoms with Crippen molar-refractivity contribution >= 4 is 28.9 Å². The van der Waals surface area contributed by atoms with Gasteiger partial charge in [-0.05, 0) is 30.2 Å². The van der Waals surface area contributed by atoms with Crippen LogP contribution in [-0.2, 0) is 0 Å². The molecule has 39 heavy (non-hydrogen) atoms. The number of anilines is 1. The lowest BCUT2D eigenvalue weighted by atomic mass is 10.0. The smallest absolute Gasteiger partial charge is 0.291 e. The van der Waals surface area contributed by atoms with Crippen LogP contribution in [0.3, 0.4) is 0 Å². The van der Waals surface area contributed by atoms with E-state index in [1.54, 1.807) is 34.1 Å². The van der Waals surface area contributed by atoms with Gasteiger partial charge in [0.15, 0.2) is 22.9 Å². The van der Waals surface area contributed by atoms with Crippen LogP contribution in [-0.4, -0.2) is 52.9 Å². The highest BCUT2D eigenvalue weighted by Crippen LogP contribution is 2.28. The van der Waals surface area contributed by atoms with Gasteiger partial charge >= 0.3 is 0 Å². The maximum absolute atomic E-state index is 13.3. The van der Waals surface area contributed by atoms with Crippen molar-refractivity contribution in [3.05, 3.63) is 104 Å². The van der Waals surface area contributed by atoms with Crippen molar-refractivity contribution in [1.29, 1.82) is 0 Å². The molecule has 10 heteroatoms. The quantitative estimate of drug-likeness (QED) is 0.181. The Bertz CT molecular complexity index is 1550. The van der Waals surface area contributed by atoms with Gasteiger partial charge in [-0.15, -0.1) is 0 Å². The first-order valence-electron chi connectivity index (χ1n) is 12.8. The Morgan fingerprint density at radius 1 is 0.923 bits per heavy atom. The van der Waals surface area contributed by atoms with Crippen LogP contribution in [0.4, 0.5) is 17.1 Å². The van der Waals surface area contributed by atoms with Gasteiger partial charge in [-0.25, -0.2) is 0 Å². The molecule has 3 aromatic carbocycles. The van der Waals surface area contributed by atoms with E-state index < -0.39 is 10.9 Å². The topological polar surface area (TPSA) is 137 Å². The van der Waals surface area contributed by atoms with Gasteiger partial charge < -0.3 is 24.6 Å². The van der Waals surface area contributed by atoms with Crippen LogP contribution < -0.4 is 21.5 Å². The van der Waals surface area contributed by atoms with Crippen molar-refractivity contribution in [3.8, 4) is 5.75 Å². The molecule has 1 unspecified atom stereocenters. The Balaban J connectivity index is 1.29. The number of hydrogen-bond acceptors (Lipinski definition) is 7. The second-order valence-corrected chi connectivity index (χ2v) is 9.41. The number of benzene rings is 2. The second kappa shape index (κ2) is 11.0. The number of aromatic hydroxyl groups is 1. The van der Waals surface area contributed by atoms with Crippen LogP contribution in [0.5, 0.6) is 5.75 Å². The summed E-state index contributed by atoms with van der Waals surface area (Å²) in [5, 5.41) is 15.6. The summed E-state index contributed by atoms with van der Waals surface area (Å²) in [6.07, 6.45) is 2.13. The molecule has 0 radical (unpaired) electrons. The minimum absolute atomic E-state index is 0.0819. The van der Waals surface area contributed by atoms with E-state index in [1.807, 2.05) is 37.3 Å². The molecule has 200 valence electrons. The number of nitrogens with one attached hydrogen (secondary N) is 1. The molecule has 0 bridgehead atoms. The second-order valence-electron chi connectivity index (χ2n) is 9.41. The highest BCUT2D eigenvalue weighted by molar-refractivity contribution is 5.98. The minimum atomic E-state index is -0.645. The van der Waals surface area contributed by atoms with Crippen molar-refractivity contribution < 1.29 is 24.4 Å². The van der Waals surface area contributed by atoms with Crippen molar-refractivity contribution in [1.82, 2.24) is 9.80 Å². The Hall–Kier alpha value is -4.70. The lowest BCUT2D eigenvalue weighted by Gasteiger charge is -2.34. The van der Waals surface area contributed by atoms with E-state index in [9.17, 15) is 24.3 Å². The summed E-state index contributed by atoms with van der Waals surface area (Å²) in [5.74, 6) is -0.643. The average molecular weight is 530 g/mol. The van der Waals surface area contributed by atoms with Gasteiger partial charge in [-0.2, -0.15) is 0 Å². The van der Waals surface area contributed by atoms with Crippen LogP contribution in [0.1, 0.15) is 45.9 Å².